The number of carboxylic acids is 1. The van der Waals surface area contributed by atoms with E-state index in [4.69, 9.17) is 14.6 Å². The van der Waals surface area contributed by atoms with Crippen molar-refractivity contribution in [1.29, 1.82) is 0 Å². The summed E-state index contributed by atoms with van der Waals surface area (Å²) < 4.78 is 26.1. The lowest BCUT2D eigenvalue weighted by atomic mass is 9.90. The number of ether oxygens (including phenoxy) is 2. The lowest BCUT2D eigenvalue weighted by molar-refractivity contribution is -0.139. The highest BCUT2D eigenvalue weighted by atomic mass is 35.5. The maximum atomic E-state index is 14.7. The number of benzene rings is 4. The van der Waals surface area contributed by atoms with Crippen molar-refractivity contribution in [2.45, 2.75) is 38.2 Å². The van der Waals surface area contributed by atoms with Gasteiger partial charge in [-0.1, -0.05) is 61.5 Å². The van der Waals surface area contributed by atoms with Gasteiger partial charge in [-0.3, -0.25) is 0 Å². The van der Waals surface area contributed by atoms with Gasteiger partial charge < -0.3 is 19.5 Å². The van der Waals surface area contributed by atoms with Crippen LogP contribution in [0.2, 0.25) is 0 Å². The van der Waals surface area contributed by atoms with Crippen LogP contribution >= 0.6 is 12.4 Å². The number of rotatable bonds is 9. The summed E-state index contributed by atoms with van der Waals surface area (Å²) in [5.74, 6) is -0.629. The molecule has 0 saturated heterocycles. The predicted octanol–water partition coefficient (Wildman–Crippen LogP) is 7.74. The largest absolute Gasteiger partial charge is 0.486 e. The number of carbonyl (C=O) groups is 1. The van der Waals surface area contributed by atoms with Crippen LogP contribution in [0.3, 0.4) is 0 Å². The van der Waals surface area contributed by atoms with Gasteiger partial charge in [0.15, 0.2) is 18.2 Å². The molecule has 1 unspecified atom stereocenters. The van der Waals surface area contributed by atoms with Crippen LogP contribution < -0.4 is 14.4 Å². The van der Waals surface area contributed by atoms with E-state index in [1.54, 1.807) is 6.07 Å². The van der Waals surface area contributed by atoms with Crippen LogP contribution in [0.25, 0.3) is 10.8 Å². The Labute approximate surface area is 228 Å². The summed E-state index contributed by atoms with van der Waals surface area (Å²) >= 11 is 0. The Morgan fingerprint density at radius 1 is 1.08 bits per heavy atom. The first-order valence-corrected chi connectivity index (χ1v) is 12.6. The van der Waals surface area contributed by atoms with E-state index in [-0.39, 0.29) is 24.3 Å². The maximum Gasteiger partial charge on any atom is 0.341 e. The standard InChI is InChI=1S/C31H30FNO4.ClH/c1-21(25-13-7-10-22-9-2-3-12-26(22)25)8-6-11-24-19-33(28-14-4-5-15-30(28)37-24)23-16-17-29(27(32)18-23)36-20-31(34)35;/h2-5,7,9-10,12-18,21,24H,6,8,11,19-20H2,1H3,(H,34,35);1H/t21-,24?;/m0./s1. The first-order valence-electron chi connectivity index (χ1n) is 12.6. The Kier molecular flexibility index (Phi) is 8.74. The number of anilines is 2. The molecule has 0 amide bonds. The molecule has 4 aromatic rings. The molecule has 0 aromatic heterocycles. The minimum absolute atomic E-state index is 0. The zero-order valence-electron chi connectivity index (χ0n) is 21.2. The number of hydrogen-bond acceptors (Lipinski definition) is 4. The number of halogens is 2. The van der Waals surface area contributed by atoms with Crippen molar-refractivity contribution >= 4 is 40.5 Å². The van der Waals surface area contributed by atoms with Gasteiger partial charge in [0.25, 0.3) is 0 Å². The fourth-order valence-electron chi connectivity index (χ4n) is 5.09. The Morgan fingerprint density at radius 3 is 2.66 bits per heavy atom. The quantitative estimate of drug-likeness (QED) is 0.237. The monoisotopic (exact) mass is 535 g/mol. The number of para-hydroxylation sites is 2. The highest BCUT2D eigenvalue weighted by Gasteiger charge is 2.27. The zero-order valence-corrected chi connectivity index (χ0v) is 22.0. The van der Waals surface area contributed by atoms with Crippen molar-refractivity contribution in [3.05, 3.63) is 96.3 Å². The molecule has 5 nitrogen and oxygen atoms in total. The summed E-state index contributed by atoms with van der Waals surface area (Å²) in [5, 5.41) is 11.4. The Bertz CT molecular complexity index is 1410. The fourth-order valence-corrected chi connectivity index (χ4v) is 5.09. The molecular formula is C31H31ClFNO4. The molecule has 1 heterocycles. The second kappa shape index (κ2) is 12.2. The van der Waals surface area contributed by atoms with Crippen molar-refractivity contribution in [3.8, 4) is 11.5 Å². The molecule has 198 valence electrons. The van der Waals surface area contributed by atoms with Crippen LogP contribution in [0, 0.1) is 5.82 Å². The third-order valence-corrected chi connectivity index (χ3v) is 6.93. The molecule has 0 saturated carbocycles. The SMILES string of the molecule is C[C@@H](CCCC1CN(c2ccc(OCC(=O)O)c(F)c2)c2ccccc2O1)c1cccc2ccccc12.Cl. The summed E-state index contributed by atoms with van der Waals surface area (Å²) in [6, 6.07) is 27.4. The molecule has 0 spiro atoms. The van der Waals surface area contributed by atoms with Gasteiger partial charge in [0.05, 0.1) is 12.2 Å². The fraction of sp³-hybridized carbons (Fsp3) is 0.258. The predicted molar refractivity (Wildman–Crippen MR) is 151 cm³/mol. The molecule has 0 bridgehead atoms. The smallest absolute Gasteiger partial charge is 0.341 e. The molecule has 4 aromatic carbocycles. The van der Waals surface area contributed by atoms with E-state index in [2.05, 4.69) is 54.3 Å². The minimum atomic E-state index is -1.15. The summed E-state index contributed by atoms with van der Waals surface area (Å²) in [6.07, 6.45) is 2.88. The van der Waals surface area contributed by atoms with Gasteiger partial charge in [-0.05, 0) is 65.8 Å². The number of aliphatic carboxylic acids is 1. The van der Waals surface area contributed by atoms with Crippen molar-refractivity contribution in [2.75, 3.05) is 18.1 Å². The second-order valence-corrected chi connectivity index (χ2v) is 9.52. The van der Waals surface area contributed by atoms with Gasteiger partial charge in [0.2, 0.25) is 0 Å². The minimum Gasteiger partial charge on any atom is -0.486 e. The highest BCUT2D eigenvalue weighted by molar-refractivity contribution is 5.86. The molecule has 0 radical (unpaired) electrons. The Balaban J connectivity index is 0.00000336. The van der Waals surface area contributed by atoms with Gasteiger partial charge in [-0.15, -0.1) is 12.4 Å². The third kappa shape index (κ3) is 6.03. The van der Waals surface area contributed by atoms with E-state index in [0.717, 1.165) is 30.7 Å². The third-order valence-electron chi connectivity index (χ3n) is 6.93. The van der Waals surface area contributed by atoms with Crippen molar-refractivity contribution < 1.29 is 23.8 Å². The second-order valence-electron chi connectivity index (χ2n) is 9.52. The molecular weight excluding hydrogens is 505 g/mol. The normalized spacial score (nSPS) is 15.2. The maximum absolute atomic E-state index is 14.7. The summed E-state index contributed by atoms with van der Waals surface area (Å²) in [6.45, 7) is 2.28. The van der Waals surface area contributed by atoms with Crippen molar-refractivity contribution in [1.82, 2.24) is 0 Å². The number of hydrogen-bond donors (Lipinski definition) is 1. The van der Waals surface area contributed by atoms with Crippen LogP contribution in [0.4, 0.5) is 15.8 Å². The first-order chi connectivity index (χ1) is 18.0. The Hall–Kier alpha value is -3.77. The lowest BCUT2D eigenvalue weighted by Crippen LogP contribution is -2.37. The van der Waals surface area contributed by atoms with Gasteiger partial charge in [0, 0.05) is 11.8 Å². The molecule has 7 heteroatoms. The van der Waals surface area contributed by atoms with E-state index >= 15 is 0 Å². The highest BCUT2D eigenvalue weighted by Crippen LogP contribution is 2.40. The lowest BCUT2D eigenvalue weighted by Gasteiger charge is -2.36. The van der Waals surface area contributed by atoms with Crippen LogP contribution in [0.15, 0.2) is 84.9 Å². The first kappa shape index (κ1) is 27.3. The van der Waals surface area contributed by atoms with E-state index in [1.165, 1.54) is 28.5 Å². The molecule has 2 atom stereocenters. The van der Waals surface area contributed by atoms with Crippen molar-refractivity contribution in [3.63, 3.8) is 0 Å². The topological polar surface area (TPSA) is 59.0 Å². The molecule has 1 aliphatic rings. The number of carboxylic acid groups (broad SMARTS) is 1. The van der Waals surface area contributed by atoms with Crippen LogP contribution in [-0.2, 0) is 4.79 Å². The van der Waals surface area contributed by atoms with Gasteiger partial charge >= 0.3 is 5.97 Å². The molecule has 1 N–H and O–H groups in total. The van der Waals surface area contributed by atoms with Crippen LogP contribution in [0.1, 0.15) is 37.7 Å². The molecule has 5 rings (SSSR count). The van der Waals surface area contributed by atoms with Crippen LogP contribution in [-0.4, -0.2) is 30.3 Å². The van der Waals surface area contributed by atoms with Crippen molar-refractivity contribution in [2.24, 2.45) is 0 Å². The number of fused-ring (bicyclic) bond motifs is 2. The number of nitrogens with zero attached hydrogens (tertiary/aromatic N) is 1. The van der Waals surface area contributed by atoms with E-state index in [0.29, 0.717) is 18.2 Å². The molecule has 0 aliphatic carbocycles. The average Bonchev–Trinajstić information content (AvgIpc) is 2.91. The molecule has 0 fully saturated rings. The van der Waals surface area contributed by atoms with Gasteiger partial charge in [-0.25, -0.2) is 9.18 Å². The zero-order chi connectivity index (χ0) is 25.8. The summed E-state index contributed by atoms with van der Waals surface area (Å²) in [4.78, 5) is 12.8. The Morgan fingerprint density at radius 2 is 1.84 bits per heavy atom. The van der Waals surface area contributed by atoms with E-state index < -0.39 is 18.4 Å². The average molecular weight is 536 g/mol. The van der Waals surface area contributed by atoms with E-state index in [1.807, 2.05) is 24.3 Å². The summed E-state index contributed by atoms with van der Waals surface area (Å²) in [5.41, 5.74) is 2.92. The molecule has 38 heavy (non-hydrogen) atoms. The van der Waals surface area contributed by atoms with Gasteiger partial charge in [-0.2, -0.15) is 0 Å². The summed E-state index contributed by atoms with van der Waals surface area (Å²) in [7, 11) is 0. The van der Waals surface area contributed by atoms with E-state index in [9.17, 15) is 9.18 Å². The van der Waals surface area contributed by atoms with Gasteiger partial charge in [0.1, 0.15) is 11.9 Å². The van der Waals surface area contributed by atoms with Crippen LogP contribution in [0.5, 0.6) is 11.5 Å². The molecule has 1 aliphatic heterocycles.